The van der Waals surface area contributed by atoms with Gasteiger partial charge in [-0.15, -0.1) is 0 Å². The Balaban J connectivity index is 0. The lowest BCUT2D eigenvalue weighted by molar-refractivity contribution is -0.458. The molecule has 1 unspecified atom stereocenters. The van der Waals surface area contributed by atoms with Crippen molar-refractivity contribution >= 4 is 8.25 Å². The number of hydrogen-bond acceptors (Lipinski definition) is 2. The zero-order valence-corrected chi connectivity index (χ0v) is 6.81. The van der Waals surface area contributed by atoms with Gasteiger partial charge in [-0.2, -0.15) is 4.89 Å². The second-order valence-corrected chi connectivity index (χ2v) is 3.27. The number of hydrogen-bond donors (Lipinski definition) is 2. The van der Waals surface area contributed by atoms with Gasteiger partial charge in [0.15, 0.2) is 0 Å². The van der Waals surface area contributed by atoms with Crippen LogP contribution in [0, 0.1) is 0 Å². The van der Waals surface area contributed by atoms with Crippen LogP contribution in [-0.4, -0.2) is 10.4 Å². The molecule has 0 heterocycles. The Morgan fingerprint density at radius 3 is 1.56 bits per heavy atom. The van der Waals surface area contributed by atoms with Crippen molar-refractivity contribution in [3.05, 3.63) is 0 Å². The third kappa shape index (κ3) is 713000. The highest BCUT2D eigenvalue weighted by molar-refractivity contribution is 7.29. The number of quaternary nitrogens is 1. The average Bonchev–Trinajstić information content (AvgIpc) is 1.19. The molecular formula is C4H13NO3P+. The zero-order chi connectivity index (χ0) is 8.08. The molecule has 0 radical (unpaired) electrons. The van der Waals surface area contributed by atoms with Gasteiger partial charge in [-0.3, -0.25) is 0 Å². The summed E-state index contributed by atoms with van der Waals surface area (Å²) in [4.78, 5) is 15.6. The lowest BCUT2D eigenvalue weighted by Crippen LogP contribution is -2.67. The molecular weight excluding hydrogens is 141 g/mol. The van der Waals surface area contributed by atoms with Gasteiger partial charge in [0, 0.05) is 0 Å². The summed E-state index contributed by atoms with van der Waals surface area (Å²) in [5.74, 6) is 0. The highest BCUT2D eigenvalue weighted by atomic mass is 31.1. The van der Waals surface area contributed by atoms with Crippen molar-refractivity contribution in [1.29, 1.82) is 0 Å². The van der Waals surface area contributed by atoms with Gasteiger partial charge in [-0.1, -0.05) is 0 Å². The van der Waals surface area contributed by atoms with Crippen molar-refractivity contribution in [2.24, 2.45) is 0 Å². The molecule has 9 heavy (non-hydrogen) atoms. The van der Waals surface area contributed by atoms with Crippen molar-refractivity contribution in [3.8, 4) is 0 Å². The first-order valence-electron chi connectivity index (χ1n) is 2.42. The summed E-state index contributed by atoms with van der Waals surface area (Å²) in [6, 6.07) is 0. The van der Waals surface area contributed by atoms with Crippen molar-refractivity contribution in [1.82, 2.24) is 0 Å². The lowest BCUT2D eigenvalue weighted by atomic mass is 10.1. The Hall–Kier alpha value is -0.0200. The molecule has 0 rings (SSSR count). The minimum atomic E-state index is -3.12. The largest absolute Gasteiger partial charge is 0.567 e. The highest BCUT2D eigenvalue weighted by Gasteiger charge is 2.00. The topological polar surface area (TPSA) is 88.0 Å². The minimum absolute atomic E-state index is 0.250. The van der Waals surface area contributed by atoms with Crippen LogP contribution in [0.1, 0.15) is 20.8 Å². The van der Waals surface area contributed by atoms with E-state index in [1.807, 2.05) is 0 Å². The summed E-state index contributed by atoms with van der Waals surface area (Å²) >= 11 is 0. The van der Waals surface area contributed by atoms with Gasteiger partial charge in [0.25, 0.3) is 0 Å². The summed E-state index contributed by atoms with van der Waals surface area (Å²) in [5, 5.41) is 0. The summed E-state index contributed by atoms with van der Waals surface area (Å²) in [6.45, 7) is 6.23. The second kappa shape index (κ2) is 4.82. The maximum absolute atomic E-state index is 8.59. The predicted molar refractivity (Wildman–Crippen MR) is 32.5 cm³/mol. The molecule has 4 N–H and O–H groups in total. The molecule has 1 atom stereocenters. The maximum atomic E-state index is 8.59. The van der Waals surface area contributed by atoms with E-state index in [4.69, 9.17) is 14.4 Å². The van der Waals surface area contributed by atoms with Crippen LogP contribution in [0.3, 0.4) is 0 Å². The van der Waals surface area contributed by atoms with Gasteiger partial charge < -0.3 is 10.6 Å². The van der Waals surface area contributed by atoms with Crippen LogP contribution < -0.4 is 10.6 Å². The highest BCUT2D eigenvalue weighted by Crippen LogP contribution is 1.89. The van der Waals surface area contributed by atoms with Gasteiger partial charge in [0.05, 0.1) is 5.54 Å². The third-order valence-corrected chi connectivity index (χ3v) is 0. The molecule has 0 spiro atoms. The van der Waals surface area contributed by atoms with Gasteiger partial charge in [-0.05, 0) is 25.3 Å². The number of rotatable bonds is 0. The van der Waals surface area contributed by atoms with E-state index >= 15 is 0 Å². The van der Waals surface area contributed by atoms with E-state index in [0.717, 1.165) is 0 Å². The van der Waals surface area contributed by atoms with Crippen LogP contribution in [0.5, 0.6) is 0 Å². The summed E-state index contributed by atoms with van der Waals surface area (Å²) in [6.07, 6.45) is 0. The van der Waals surface area contributed by atoms with Crippen molar-refractivity contribution in [2.75, 3.05) is 0 Å². The first kappa shape index (κ1) is 11.7. The van der Waals surface area contributed by atoms with Crippen LogP contribution >= 0.6 is 8.25 Å². The molecule has 0 aromatic heterocycles. The van der Waals surface area contributed by atoms with Gasteiger partial charge >= 0.3 is 8.25 Å². The SMILES string of the molecule is CC(C)(C)[NH3+].O=[P+]([O-])O. The van der Waals surface area contributed by atoms with Crippen molar-refractivity contribution in [2.45, 2.75) is 26.3 Å². The molecule has 0 amide bonds. The smallest absolute Gasteiger partial charge is 0.485 e. The van der Waals surface area contributed by atoms with Crippen molar-refractivity contribution < 1.29 is 20.1 Å². The van der Waals surface area contributed by atoms with Crippen molar-refractivity contribution in [3.63, 3.8) is 0 Å². The molecule has 0 bridgehead atoms. The molecule has 0 aliphatic rings. The Morgan fingerprint density at radius 1 is 1.56 bits per heavy atom. The molecule has 56 valence electrons. The van der Waals surface area contributed by atoms with Crippen LogP contribution in [-0.2, 0) is 4.57 Å². The summed E-state index contributed by atoms with van der Waals surface area (Å²) in [5.41, 5.74) is 4.02. The van der Waals surface area contributed by atoms with E-state index in [1.54, 1.807) is 0 Å². The summed E-state index contributed by atoms with van der Waals surface area (Å²) in [7, 11) is -3.12. The third-order valence-electron chi connectivity index (χ3n) is 0. The molecule has 0 aromatic carbocycles. The van der Waals surface area contributed by atoms with E-state index in [0.29, 0.717) is 0 Å². The molecule has 0 aliphatic carbocycles. The molecule has 0 fully saturated rings. The van der Waals surface area contributed by atoms with Gasteiger partial charge in [0.1, 0.15) is 0 Å². The Kier molecular flexibility index (Phi) is 6.29. The first-order chi connectivity index (χ1) is 3.73. The fraction of sp³-hybridized carbons (Fsp3) is 1.00. The predicted octanol–water partition coefficient (Wildman–Crippen LogP) is -0.977. The minimum Gasteiger partial charge on any atom is -0.567 e. The molecule has 0 saturated heterocycles. The standard InChI is InChI=1S/C4H11N.HO3P/c1-4(2,3)5;1-4(2)3/h5H2,1-3H3;(H,1,2,3)/p+1. The fourth-order valence-corrected chi connectivity index (χ4v) is 0. The van der Waals surface area contributed by atoms with E-state index in [1.165, 1.54) is 0 Å². The second-order valence-electron chi connectivity index (χ2n) is 2.80. The van der Waals surface area contributed by atoms with Crippen LogP contribution in [0.15, 0.2) is 0 Å². The lowest BCUT2D eigenvalue weighted by Gasteiger charge is -2.01. The average molecular weight is 154 g/mol. The molecule has 0 saturated carbocycles. The first-order valence-corrected chi connectivity index (χ1v) is 3.55. The Labute approximate surface area is 55.6 Å². The normalized spacial score (nSPS) is 11.6. The quantitative estimate of drug-likeness (QED) is 0.439. The Bertz CT molecular complexity index is 78.3. The van der Waals surface area contributed by atoms with Gasteiger partial charge in [0.2, 0.25) is 0 Å². The van der Waals surface area contributed by atoms with Gasteiger partial charge in [-0.25, -0.2) is 0 Å². The molecule has 0 aliphatic heterocycles. The maximum Gasteiger partial charge on any atom is 0.485 e. The fourth-order valence-electron chi connectivity index (χ4n) is 0. The molecule has 5 heteroatoms. The molecule has 0 aromatic rings. The Morgan fingerprint density at radius 2 is 1.56 bits per heavy atom. The van der Waals surface area contributed by atoms with Crippen LogP contribution in [0.4, 0.5) is 0 Å². The summed E-state index contributed by atoms with van der Waals surface area (Å²) < 4.78 is 8.59. The van der Waals surface area contributed by atoms with E-state index in [-0.39, 0.29) is 5.54 Å². The van der Waals surface area contributed by atoms with E-state index < -0.39 is 8.25 Å². The molecule has 4 nitrogen and oxygen atoms in total. The van der Waals surface area contributed by atoms with E-state index in [2.05, 4.69) is 26.5 Å². The van der Waals surface area contributed by atoms with Crippen LogP contribution in [0.2, 0.25) is 0 Å². The zero-order valence-electron chi connectivity index (χ0n) is 5.92. The monoisotopic (exact) mass is 154 g/mol. The van der Waals surface area contributed by atoms with Crippen LogP contribution in [0.25, 0.3) is 0 Å². The van der Waals surface area contributed by atoms with E-state index in [9.17, 15) is 0 Å².